The quantitative estimate of drug-likeness (QED) is 0.152. The normalized spacial score (nSPS) is 15.7. The van der Waals surface area contributed by atoms with Gasteiger partial charge in [-0.2, -0.15) is 0 Å². The molecule has 3 rings (SSSR count). The fourth-order valence-electron chi connectivity index (χ4n) is 2.90. The van der Waals surface area contributed by atoms with Gasteiger partial charge in [0.2, 0.25) is 0 Å². The Labute approximate surface area is 197 Å². The minimum atomic E-state index is 0. The average Bonchev–Trinajstić information content (AvgIpc) is 3.47. The molecule has 1 unspecified atom stereocenters. The zero-order chi connectivity index (χ0) is 20.2. The minimum absolute atomic E-state index is 0. The van der Waals surface area contributed by atoms with Gasteiger partial charge in [0, 0.05) is 42.1 Å². The molecule has 0 radical (unpaired) electrons. The van der Waals surface area contributed by atoms with Gasteiger partial charge in [0.05, 0.1) is 0 Å². The molecule has 0 aromatic rings. The summed E-state index contributed by atoms with van der Waals surface area (Å²) in [5, 5.41) is 0. The van der Waals surface area contributed by atoms with Gasteiger partial charge in [0.1, 0.15) is 0 Å². The fourth-order valence-corrected chi connectivity index (χ4v) is 3.37. The molecule has 3 aliphatic carbocycles. The molecule has 27 heavy (non-hydrogen) atoms. The minimum Gasteiger partial charge on any atom is 0 e. The maximum absolute atomic E-state index is 7.50. The van der Waals surface area contributed by atoms with Crippen molar-refractivity contribution < 1.29 is 60.7 Å². The molecule has 0 bridgehead atoms. The molecule has 0 amide bonds. The van der Waals surface area contributed by atoms with Gasteiger partial charge in [0.25, 0.3) is 0 Å². The summed E-state index contributed by atoms with van der Waals surface area (Å²) in [5.74, 6) is 0. The summed E-state index contributed by atoms with van der Waals surface area (Å²) in [7, 11) is 2.91. The van der Waals surface area contributed by atoms with E-state index in [9.17, 15) is 0 Å². The van der Waals surface area contributed by atoms with E-state index in [-0.39, 0.29) is 42.1 Å². The van der Waals surface area contributed by atoms with Crippen LogP contribution in [0.15, 0.2) is 0 Å². The molecule has 0 saturated heterocycles. The van der Waals surface area contributed by atoms with Crippen molar-refractivity contribution in [3.8, 4) is 0 Å². The topological polar surface area (TPSA) is 79.6 Å². The van der Waals surface area contributed by atoms with Crippen LogP contribution >= 0.6 is 9.24 Å². The van der Waals surface area contributed by atoms with Gasteiger partial charge in [0.15, 0.2) is 0 Å². The van der Waals surface area contributed by atoms with Crippen LogP contribution in [0.2, 0.25) is 0 Å². The Morgan fingerprint density at radius 2 is 0.556 bits per heavy atom. The third kappa shape index (κ3) is 46.6. The SMILES string of the molecule is C1CCCC1.C1CCCC1.PC1CCCCC1.[C-]#[O+].[C-]#[O+].[C-]#[O+].[C-]#[O+].[Mo].[Mo]. The predicted octanol–water partition coefficient (Wildman–Crippen LogP) is 5.94. The number of rotatable bonds is 0. The van der Waals surface area contributed by atoms with E-state index in [0.29, 0.717) is 0 Å². The Balaban J connectivity index is -0.0000000506. The molecule has 3 fully saturated rings. The van der Waals surface area contributed by atoms with Gasteiger partial charge in [-0.05, 0) is 18.5 Å². The first kappa shape index (κ1) is 42.0. The van der Waals surface area contributed by atoms with Crippen LogP contribution < -0.4 is 0 Å². The predicted molar refractivity (Wildman–Crippen MR) is 98.5 cm³/mol. The molecule has 0 N–H and O–H groups in total. The molecule has 3 aliphatic rings. The monoisotopic (exact) mass is 564 g/mol. The molecular formula is C20H33Mo2O4P. The molecule has 7 heteroatoms. The van der Waals surface area contributed by atoms with Crippen LogP contribution in [0.4, 0.5) is 0 Å². The average molecular weight is 560 g/mol. The van der Waals surface area contributed by atoms with Crippen molar-refractivity contribution in [3.05, 3.63) is 26.6 Å². The van der Waals surface area contributed by atoms with Crippen molar-refractivity contribution in [2.45, 2.75) is 102 Å². The first-order valence-electron chi connectivity index (χ1n) is 8.97. The van der Waals surface area contributed by atoms with Crippen LogP contribution in [0.1, 0.15) is 96.3 Å². The number of hydrogen-bond donors (Lipinski definition) is 0. The summed E-state index contributed by atoms with van der Waals surface area (Å²) in [6.07, 6.45) is 22.3. The second kappa shape index (κ2) is 50.5. The zero-order valence-corrected chi connectivity index (χ0v) is 21.4. The fraction of sp³-hybridized carbons (Fsp3) is 0.800. The number of hydrogen-bond acceptors (Lipinski definition) is 0. The Hall–Kier alpha value is 0.767. The van der Waals surface area contributed by atoms with E-state index in [0.717, 1.165) is 5.66 Å². The van der Waals surface area contributed by atoms with E-state index < -0.39 is 0 Å². The van der Waals surface area contributed by atoms with Crippen molar-refractivity contribution in [3.63, 3.8) is 0 Å². The van der Waals surface area contributed by atoms with Crippen molar-refractivity contribution in [2.75, 3.05) is 0 Å². The van der Waals surface area contributed by atoms with Crippen LogP contribution in [-0.4, -0.2) is 5.66 Å². The Kier molecular flexibility index (Phi) is 78.5. The van der Waals surface area contributed by atoms with Gasteiger partial charge in [-0.3, -0.25) is 0 Å². The van der Waals surface area contributed by atoms with Gasteiger partial charge in [-0.15, -0.1) is 9.24 Å². The van der Waals surface area contributed by atoms with Crippen LogP contribution in [0.25, 0.3) is 0 Å². The Bertz CT molecular complexity index is 244. The van der Waals surface area contributed by atoms with E-state index >= 15 is 0 Å². The second-order valence-corrected chi connectivity index (χ2v) is 6.88. The summed E-state index contributed by atoms with van der Waals surface area (Å²) in [6, 6.07) is 0. The van der Waals surface area contributed by atoms with Gasteiger partial charge in [-0.25, -0.2) is 0 Å². The Morgan fingerprint density at radius 3 is 0.667 bits per heavy atom. The molecule has 154 valence electrons. The third-order valence-electron chi connectivity index (χ3n) is 4.15. The molecule has 1 atom stereocenters. The van der Waals surface area contributed by atoms with Gasteiger partial charge >= 0.3 is 45.2 Å². The van der Waals surface area contributed by atoms with Crippen LogP contribution in [0, 0.1) is 26.6 Å². The van der Waals surface area contributed by atoms with Crippen molar-refractivity contribution in [2.24, 2.45) is 0 Å². The van der Waals surface area contributed by atoms with E-state index in [1.165, 1.54) is 96.3 Å². The molecule has 0 aromatic heterocycles. The summed E-state index contributed by atoms with van der Waals surface area (Å²) < 4.78 is 30.0. The summed E-state index contributed by atoms with van der Waals surface area (Å²) in [6.45, 7) is 18.0. The van der Waals surface area contributed by atoms with E-state index in [4.69, 9.17) is 18.6 Å². The molecule has 0 aromatic carbocycles. The molecule has 0 spiro atoms. The largest absolute Gasteiger partial charge is 0 e. The van der Waals surface area contributed by atoms with E-state index in [2.05, 4.69) is 35.8 Å². The van der Waals surface area contributed by atoms with Crippen LogP contribution in [-0.2, 0) is 60.7 Å². The summed E-state index contributed by atoms with van der Waals surface area (Å²) in [5.41, 5.74) is 0.953. The van der Waals surface area contributed by atoms with E-state index in [1.807, 2.05) is 0 Å². The van der Waals surface area contributed by atoms with Crippen LogP contribution in [0.5, 0.6) is 0 Å². The van der Waals surface area contributed by atoms with Crippen LogP contribution in [0.3, 0.4) is 0 Å². The third-order valence-corrected chi connectivity index (χ3v) is 4.82. The molecular weight excluding hydrogens is 527 g/mol. The maximum atomic E-state index is 7.50. The van der Waals surface area contributed by atoms with E-state index in [1.54, 1.807) is 0 Å². The van der Waals surface area contributed by atoms with Crippen molar-refractivity contribution in [1.29, 1.82) is 0 Å². The first-order chi connectivity index (χ1) is 12.4. The molecule has 4 nitrogen and oxygen atoms in total. The second-order valence-electron chi connectivity index (χ2n) is 5.93. The maximum Gasteiger partial charge on any atom is 0 e. The molecule has 3 saturated carbocycles. The van der Waals surface area contributed by atoms with Crippen molar-refractivity contribution in [1.82, 2.24) is 0 Å². The smallest absolute Gasteiger partial charge is 0 e. The first-order valence-corrected chi connectivity index (χ1v) is 9.63. The summed E-state index contributed by atoms with van der Waals surface area (Å²) >= 11 is 0. The van der Waals surface area contributed by atoms with Gasteiger partial charge < -0.3 is 0 Å². The van der Waals surface area contributed by atoms with Gasteiger partial charge in [-0.1, -0.05) is 83.5 Å². The summed E-state index contributed by atoms with van der Waals surface area (Å²) in [4.78, 5) is 0. The zero-order valence-electron chi connectivity index (χ0n) is 16.2. The molecule has 0 aliphatic heterocycles. The molecule has 0 heterocycles. The Morgan fingerprint density at radius 1 is 0.407 bits per heavy atom. The standard InChI is InChI=1S/C6H13P.2C5H10.4CO.2Mo/c7-6-4-2-1-3-5-6;2*1-2-4-5-3-1;4*1-2;;/h6H,1-5,7H2;2*1-5H2;;;;;;. The van der Waals surface area contributed by atoms with Crippen molar-refractivity contribution >= 4 is 9.24 Å².